The maximum absolute atomic E-state index is 13.5. The lowest BCUT2D eigenvalue weighted by Gasteiger charge is -2.36. The second kappa shape index (κ2) is 9.13. The van der Waals surface area contributed by atoms with Crippen molar-refractivity contribution in [1.29, 1.82) is 0 Å². The van der Waals surface area contributed by atoms with E-state index in [1.165, 1.54) is 9.75 Å². The molecular formula is C25H29NO3S2. The van der Waals surface area contributed by atoms with Gasteiger partial charge in [-0.15, -0.1) is 22.7 Å². The summed E-state index contributed by atoms with van der Waals surface area (Å²) in [5.74, 6) is -0.0970. The molecule has 164 valence electrons. The fourth-order valence-corrected chi connectivity index (χ4v) is 6.28. The molecule has 6 heteroatoms. The Morgan fingerprint density at radius 3 is 2.68 bits per heavy atom. The molecule has 0 amide bonds. The fraction of sp³-hybridized carbons (Fsp3) is 0.440. The maximum atomic E-state index is 13.5. The van der Waals surface area contributed by atoms with Crippen molar-refractivity contribution in [3.8, 4) is 0 Å². The van der Waals surface area contributed by atoms with Gasteiger partial charge >= 0.3 is 5.97 Å². The number of ether oxygens (including phenoxy) is 1. The average Bonchev–Trinajstić information content (AvgIpc) is 3.42. The van der Waals surface area contributed by atoms with Crippen molar-refractivity contribution in [1.82, 2.24) is 5.32 Å². The van der Waals surface area contributed by atoms with Gasteiger partial charge in [0.15, 0.2) is 5.78 Å². The highest BCUT2D eigenvalue weighted by Crippen LogP contribution is 2.47. The van der Waals surface area contributed by atoms with Crippen molar-refractivity contribution < 1.29 is 14.3 Å². The van der Waals surface area contributed by atoms with Gasteiger partial charge in [-0.1, -0.05) is 26.8 Å². The van der Waals surface area contributed by atoms with Crippen LogP contribution in [-0.2, 0) is 20.7 Å². The number of nitrogens with one attached hydrogen (secondary N) is 1. The standard InChI is InChI=1S/C25H29NO3S2/c1-5-17-8-9-21(31-17)24-22(25(28)29-13-14(2)3)15(4)26-18-11-16(12-19(27)23(18)24)20-7-6-10-30-20/h6-10,14,16,24,26H,5,11-13H2,1-4H3/t16-,24+/m0/s1. The van der Waals surface area contributed by atoms with Gasteiger partial charge in [0.1, 0.15) is 0 Å². The number of aryl methyl sites for hydroxylation is 1. The summed E-state index contributed by atoms with van der Waals surface area (Å²) in [6.07, 6.45) is 2.21. The third kappa shape index (κ3) is 4.41. The molecule has 1 aliphatic heterocycles. The summed E-state index contributed by atoms with van der Waals surface area (Å²) < 4.78 is 5.63. The predicted molar refractivity (Wildman–Crippen MR) is 126 cm³/mol. The van der Waals surface area contributed by atoms with E-state index >= 15 is 0 Å². The molecule has 4 rings (SSSR count). The van der Waals surface area contributed by atoms with Crippen LogP contribution in [0.2, 0.25) is 0 Å². The summed E-state index contributed by atoms with van der Waals surface area (Å²) in [5, 5.41) is 5.49. The highest BCUT2D eigenvalue weighted by molar-refractivity contribution is 7.12. The van der Waals surface area contributed by atoms with Gasteiger partial charge in [0, 0.05) is 43.9 Å². The van der Waals surface area contributed by atoms with E-state index in [-0.39, 0.29) is 29.5 Å². The van der Waals surface area contributed by atoms with Crippen molar-refractivity contribution in [2.24, 2.45) is 5.92 Å². The van der Waals surface area contributed by atoms with E-state index in [4.69, 9.17) is 4.74 Å². The summed E-state index contributed by atoms with van der Waals surface area (Å²) in [7, 11) is 0. The lowest BCUT2D eigenvalue weighted by Crippen LogP contribution is -2.36. The Kier molecular flexibility index (Phi) is 6.49. The molecule has 2 aromatic rings. The molecule has 1 aliphatic carbocycles. The zero-order chi connectivity index (χ0) is 22.1. The van der Waals surface area contributed by atoms with E-state index in [1.54, 1.807) is 22.7 Å². The van der Waals surface area contributed by atoms with Crippen LogP contribution in [0.3, 0.4) is 0 Å². The number of thiophene rings is 2. The molecule has 0 bridgehead atoms. The van der Waals surface area contributed by atoms with Gasteiger partial charge in [-0.2, -0.15) is 0 Å². The van der Waals surface area contributed by atoms with E-state index in [9.17, 15) is 9.59 Å². The summed E-state index contributed by atoms with van der Waals surface area (Å²) in [6.45, 7) is 8.46. The molecule has 4 nitrogen and oxygen atoms in total. The van der Waals surface area contributed by atoms with Gasteiger partial charge in [-0.25, -0.2) is 4.79 Å². The molecule has 2 aliphatic rings. The molecule has 0 saturated carbocycles. The van der Waals surface area contributed by atoms with Gasteiger partial charge in [0.05, 0.1) is 18.1 Å². The van der Waals surface area contributed by atoms with Crippen LogP contribution in [0, 0.1) is 5.92 Å². The lowest BCUT2D eigenvalue weighted by molar-refractivity contribution is -0.140. The van der Waals surface area contributed by atoms with Crippen LogP contribution in [0.25, 0.3) is 0 Å². The number of hydrogen-bond donors (Lipinski definition) is 1. The molecule has 2 aromatic heterocycles. The Bertz CT molecular complexity index is 1040. The largest absolute Gasteiger partial charge is 0.462 e. The summed E-state index contributed by atoms with van der Waals surface area (Å²) in [6, 6.07) is 8.33. The van der Waals surface area contributed by atoms with E-state index in [0.29, 0.717) is 18.6 Å². The van der Waals surface area contributed by atoms with E-state index in [2.05, 4.69) is 35.8 Å². The molecule has 0 aromatic carbocycles. The van der Waals surface area contributed by atoms with Crippen LogP contribution in [-0.4, -0.2) is 18.4 Å². The first-order valence-corrected chi connectivity index (χ1v) is 12.6. The molecule has 0 saturated heterocycles. The monoisotopic (exact) mass is 455 g/mol. The molecule has 0 spiro atoms. The van der Waals surface area contributed by atoms with E-state index < -0.39 is 0 Å². The third-order valence-corrected chi connectivity index (χ3v) is 8.19. The van der Waals surface area contributed by atoms with Crippen molar-refractivity contribution in [2.45, 2.75) is 58.8 Å². The van der Waals surface area contributed by atoms with Gasteiger partial charge < -0.3 is 10.1 Å². The molecule has 31 heavy (non-hydrogen) atoms. The van der Waals surface area contributed by atoms with Gasteiger partial charge in [0.25, 0.3) is 0 Å². The SMILES string of the molecule is CCc1ccc([C@@H]2C(C(=O)OCC(C)C)=C(C)NC3=C2C(=O)C[C@@H](c2cccs2)C3)s1. The molecule has 3 heterocycles. The predicted octanol–water partition coefficient (Wildman–Crippen LogP) is 5.93. The number of hydrogen-bond acceptors (Lipinski definition) is 6. The minimum atomic E-state index is -0.349. The first kappa shape index (κ1) is 22.0. The average molecular weight is 456 g/mol. The van der Waals surface area contributed by atoms with Crippen molar-refractivity contribution in [3.05, 3.63) is 66.8 Å². The molecule has 0 radical (unpaired) electrons. The normalized spacial score (nSPS) is 21.4. The fourth-order valence-electron chi connectivity index (χ4n) is 4.38. The highest BCUT2D eigenvalue weighted by Gasteiger charge is 2.42. The summed E-state index contributed by atoms with van der Waals surface area (Å²) in [4.78, 5) is 30.2. The maximum Gasteiger partial charge on any atom is 0.336 e. The molecule has 0 fully saturated rings. The van der Waals surface area contributed by atoms with Crippen LogP contribution in [0.1, 0.15) is 67.0 Å². The molecular weight excluding hydrogens is 426 g/mol. The number of rotatable bonds is 6. The van der Waals surface area contributed by atoms with Crippen LogP contribution >= 0.6 is 22.7 Å². The van der Waals surface area contributed by atoms with Crippen LogP contribution in [0.15, 0.2) is 52.2 Å². The number of dihydropyridines is 1. The van der Waals surface area contributed by atoms with Gasteiger partial charge in [-0.05, 0) is 49.3 Å². The number of Topliss-reactive ketones (excluding diaryl/α,β-unsaturated/α-hetero) is 1. The number of carbonyl (C=O) groups is 2. The Balaban J connectivity index is 1.75. The van der Waals surface area contributed by atoms with E-state index in [1.807, 2.05) is 26.8 Å². The lowest BCUT2D eigenvalue weighted by atomic mass is 9.74. The Hall–Kier alpha value is -2.18. The van der Waals surface area contributed by atoms with Crippen LogP contribution < -0.4 is 5.32 Å². The highest BCUT2D eigenvalue weighted by atomic mass is 32.1. The first-order valence-electron chi connectivity index (χ1n) is 10.9. The Morgan fingerprint density at radius 2 is 2.03 bits per heavy atom. The number of allylic oxidation sites excluding steroid dienone is 3. The number of carbonyl (C=O) groups excluding carboxylic acids is 2. The zero-order valence-corrected chi connectivity index (χ0v) is 20.1. The first-order chi connectivity index (χ1) is 14.9. The third-order valence-electron chi connectivity index (χ3n) is 5.86. The Morgan fingerprint density at radius 1 is 1.23 bits per heavy atom. The minimum absolute atomic E-state index is 0.130. The topological polar surface area (TPSA) is 55.4 Å². The van der Waals surface area contributed by atoms with Crippen LogP contribution in [0.5, 0.6) is 0 Å². The summed E-state index contributed by atoms with van der Waals surface area (Å²) >= 11 is 3.39. The smallest absolute Gasteiger partial charge is 0.336 e. The molecule has 1 N–H and O–H groups in total. The minimum Gasteiger partial charge on any atom is -0.462 e. The Labute approximate surface area is 192 Å². The zero-order valence-electron chi connectivity index (χ0n) is 18.5. The molecule has 0 unspecified atom stereocenters. The number of esters is 1. The second-order valence-corrected chi connectivity index (χ2v) is 10.9. The quantitative estimate of drug-likeness (QED) is 0.548. The summed E-state index contributed by atoms with van der Waals surface area (Å²) in [5.41, 5.74) is 3.08. The van der Waals surface area contributed by atoms with Gasteiger partial charge in [-0.3, -0.25) is 4.79 Å². The second-order valence-electron chi connectivity index (χ2n) is 8.68. The molecule has 2 atom stereocenters. The number of ketones is 1. The van der Waals surface area contributed by atoms with Gasteiger partial charge in [0.2, 0.25) is 0 Å². The van der Waals surface area contributed by atoms with Crippen molar-refractivity contribution >= 4 is 34.4 Å². The van der Waals surface area contributed by atoms with Crippen LogP contribution in [0.4, 0.5) is 0 Å². The van der Waals surface area contributed by atoms with Crippen molar-refractivity contribution in [2.75, 3.05) is 6.61 Å². The van der Waals surface area contributed by atoms with E-state index in [0.717, 1.165) is 34.7 Å². The van der Waals surface area contributed by atoms with Crippen molar-refractivity contribution in [3.63, 3.8) is 0 Å².